The molecular formula is C19H21N5OS2. The first-order chi connectivity index (χ1) is 13.1. The van der Waals surface area contributed by atoms with Crippen molar-refractivity contribution in [2.45, 2.75) is 32.0 Å². The van der Waals surface area contributed by atoms with Crippen LogP contribution in [0.15, 0.2) is 47.5 Å². The number of nitrogens with one attached hydrogen (secondary N) is 1. The molecule has 1 amide bonds. The standard InChI is InChI=1S/C19H21N5OS2/c1-4-10-24-13(3)22-23-19(24)27-12-17(25)21-18-20-16(11-26-18)15-8-6-14(5-2)7-9-15/h4,6-9,11H,1,5,10,12H2,2-3H3,(H,20,21,25). The van der Waals surface area contributed by atoms with E-state index in [-0.39, 0.29) is 11.7 Å². The highest BCUT2D eigenvalue weighted by Crippen LogP contribution is 2.25. The molecule has 6 nitrogen and oxygen atoms in total. The van der Waals surface area contributed by atoms with Gasteiger partial charge in [0.05, 0.1) is 11.4 Å². The summed E-state index contributed by atoms with van der Waals surface area (Å²) in [5.41, 5.74) is 3.21. The highest BCUT2D eigenvalue weighted by Gasteiger charge is 2.12. The van der Waals surface area contributed by atoms with E-state index in [0.29, 0.717) is 16.8 Å². The van der Waals surface area contributed by atoms with Crippen LogP contribution in [0.3, 0.4) is 0 Å². The predicted octanol–water partition coefficient (Wildman–Crippen LogP) is 4.19. The van der Waals surface area contributed by atoms with E-state index in [2.05, 4.69) is 58.3 Å². The van der Waals surface area contributed by atoms with Gasteiger partial charge in [0.25, 0.3) is 0 Å². The van der Waals surface area contributed by atoms with Crippen LogP contribution in [0, 0.1) is 6.92 Å². The van der Waals surface area contributed by atoms with Crippen LogP contribution in [0.25, 0.3) is 11.3 Å². The molecular weight excluding hydrogens is 378 g/mol. The maximum absolute atomic E-state index is 12.2. The Morgan fingerprint density at radius 2 is 2.11 bits per heavy atom. The average Bonchev–Trinajstić information content (AvgIpc) is 3.28. The Morgan fingerprint density at radius 1 is 1.33 bits per heavy atom. The molecule has 0 bridgehead atoms. The van der Waals surface area contributed by atoms with Gasteiger partial charge in [-0.2, -0.15) is 0 Å². The van der Waals surface area contributed by atoms with E-state index in [4.69, 9.17) is 0 Å². The molecule has 27 heavy (non-hydrogen) atoms. The topological polar surface area (TPSA) is 72.7 Å². The molecule has 1 aromatic carbocycles. The summed E-state index contributed by atoms with van der Waals surface area (Å²) in [6, 6.07) is 8.32. The number of aryl methyl sites for hydroxylation is 2. The van der Waals surface area contributed by atoms with Crippen LogP contribution in [-0.2, 0) is 17.8 Å². The number of rotatable bonds is 8. The third kappa shape index (κ3) is 4.84. The van der Waals surface area contributed by atoms with Crippen molar-refractivity contribution in [3.8, 4) is 11.3 Å². The lowest BCUT2D eigenvalue weighted by molar-refractivity contribution is -0.113. The molecule has 0 spiro atoms. The van der Waals surface area contributed by atoms with E-state index in [1.54, 1.807) is 6.08 Å². The Bertz CT molecular complexity index is 930. The van der Waals surface area contributed by atoms with Gasteiger partial charge in [-0.1, -0.05) is 49.0 Å². The van der Waals surface area contributed by atoms with E-state index in [0.717, 1.165) is 23.5 Å². The summed E-state index contributed by atoms with van der Waals surface area (Å²) in [5, 5.41) is 14.3. The minimum atomic E-state index is -0.118. The summed E-state index contributed by atoms with van der Waals surface area (Å²) in [5.74, 6) is 0.930. The monoisotopic (exact) mass is 399 g/mol. The molecule has 2 heterocycles. The van der Waals surface area contributed by atoms with Gasteiger partial charge in [-0.05, 0) is 18.9 Å². The van der Waals surface area contributed by atoms with Crippen molar-refractivity contribution < 1.29 is 4.79 Å². The summed E-state index contributed by atoms with van der Waals surface area (Å²) < 4.78 is 1.92. The molecule has 0 saturated carbocycles. The number of amides is 1. The molecule has 3 aromatic rings. The minimum absolute atomic E-state index is 0.118. The van der Waals surface area contributed by atoms with E-state index in [1.165, 1.54) is 28.7 Å². The minimum Gasteiger partial charge on any atom is -0.302 e. The molecule has 0 saturated heterocycles. The molecule has 1 N–H and O–H groups in total. The van der Waals surface area contributed by atoms with Crippen molar-refractivity contribution >= 4 is 34.1 Å². The lowest BCUT2D eigenvalue weighted by atomic mass is 10.1. The molecule has 8 heteroatoms. The summed E-state index contributed by atoms with van der Waals surface area (Å²) in [6.45, 7) is 8.36. The summed E-state index contributed by atoms with van der Waals surface area (Å²) in [7, 11) is 0. The number of aromatic nitrogens is 4. The van der Waals surface area contributed by atoms with Crippen LogP contribution in [0.4, 0.5) is 5.13 Å². The Kier molecular flexibility index (Phi) is 6.41. The molecule has 0 radical (unpaired) electrons. The maximum atomic E-state index is 12.2. The molecule has 0 aliphatic heterocycles. The molecule has 0 unspecified atom stereocenters. The molecule has 0 aliphatic carbocycles. The van der Waals surface area contributed by atoms with Crippen LogP contribution in [-0.4, -0.2) is 31.4 Å². The average molecular weight is 400 g/mol. The second kappa shape index (κ2) is 8.96. The molecule has 0 aliphatic rings. The van der Waals surface area contributed by atoms with Gasteiger partial charge in [0, 0.05) is 17.5 Å². The number of hydrogen-bond donors (Lipinski definition) is 1. The number of thioether (sulfide) groups is 1. The van der Waals surface area contributed by atoms with Gasteiger partial charge in [-0.15, -0.1) is 28.1 Å². The van der Waals surface area contributed by atoms with Crippen molar-refractivity contribution in [3.05, 3.63) is 53.7 Å². The van der Waals surface area contributed by atoms with Crippen molar-refractivity contribution in [3.63, 3.8) is 0 Å². The first kappa shape index (κ1) is 19.3. The number of thiazole rings is 1. The summed E-state index contributed by atoms with van der Waals surface area (Å²) >= 11 is 2.77. The highest BCUT2D eigenvalue weighted by molar-refractivity contribution is 7.99. The van der Waals surface area contributed by atoms with Crippen molar-refractivity contribution in [1.82, 2.24) is 19.7 Å². The Hall–Kier alpha value is -2.45. The normalized spacial score (nSPS) is 10.7. The number of benzene rings is 1. The Morgan fingerprint density at radius 3 is 2.81 bits per heavy atom. The Labute approximate surface area is 166 Å². The largest absolute Gasteiger partial charge is 0.302 e. The van der Waals surface area contributed by atoms with Gasteiger partial charge in [0.15, 0.2) is 10.3 Å². The number of allylic oxidation sites excluding steroid dienone is 1. The number of anilines is 1. The molecule has 140 valence electrons. The third-order valence-corrected chi connectivity index (χ3v) is 5.68. The van der Waals surface area contributed by atoms with Crippen LogP contribution >= 0.6 is 23.1 Å². The fourth-order valence-electron chi connectivity index (χ4n) is 2.47. The zero-order chi connectivity index (χ0) is 19.2. The molecule has 2 aromatic heterocycles. The van der Waals surface area contributed by atoms with Crippen molar-refractivity contribution in [2.24, 2.45) is 0 Å². The zero-order valence-corrected chi connectivity index (χ0v) is 16.9. The lowest BCUT2D eigenvalue weighted by Gasteiger charge is -2.05. The number of hydrogen-bond acceptors (Lipinski definition) is 6. The van der Waals surface area contributed by atoms with E-state index in [9.17, 15) is 4.79 Å². The van der Waals surface area contributed by atoms with Crippen LogP contribution in [0.5, 0.6) is 0 Å². The predicted molar refractivity (Wildman–Crippen MR) is 111 cm³/mol. The van der Waals surface area contributed by atoms with Crippen LogP contribution in [0.1, 0.15) is 18.3 Å². The number of carbonyl (C=O) groups is 1. The highest BCUT2D eigenvalue weighted by atomic mass is 32.2. The number of carbonyl (C=O) groups excluding carboxylic acids is 1. The quantitative estimate of drug-likeness (QED) is 0.454. The van der Waals surface area contributed by atoms with Gasteiger partial charge in [-0.25, -0.2) is 4.98 Å². The van der Waals surface area contributed by atoms with E-state index < -0.39 is 0 Å². The van der Waals surface area contributed by atoms with E-state index >= 15 is 0 Å². The third-order valence-electron chi connectivity index (χ3n) is 3.95. The second-order valence-corrected chi connectivity index (χ2v) is 7.65. The summed E-state index contributed by atoms with van der Waals surface area (Å²) in [4.78, 5) is 16.8. The fraction of sp³-hybridized carbons (Fsp3) is 0.263. The van der Waals surface area contributed by atoms with Gasteiger partial charge in [0.1, 0.15) is 5.82 Å². The van der Waals surface area contributed by atoms with Crippen molar-refractivity contribution in [1.29, 1.82) is 0 Å². The Balaban J connectivity index is 1.58. The van der Waals surface area contributed by atoms with Crippen molar-refractivity contribution in [2.75, 3.05) is 11.1 Å². The van der Waals surface area contributed by atoms with Gasteiger partial charge in [-0.3, -0.25) is 4.79 Å². The first-order valence-corrected chi connectivity index (χ1v) is 10.5. The summed E-state index contributed by atoms with van der Waals surface area (Å²) in [6.07, 6.45) is 2.79. The molecule has 0 atom stereocenters. The van der Waals surface area contributed by atoms with Gasteiger partial charge < -0.3 is 9.88 Å². The lowest BCUT2D eigenvalue weighted by Crippen LogP contribution is -2.14. The molecule has 3 rings (SSSR count). The van der Waals surface area contributed by atoms with E-state index in [1.807, 2.05) is 16.9 Å². The van der Waals surface area contributed by atoms with Crippen LogP contribution < -0.4 is 5.32 Å². The first-order valence-electron chi connectivity index (χ1n) is 8.59. The second-order valence-electron chi connectivity index (χ2n) is 5.85. The fourth-order valence-corrected chi connectivity index (χ4v) is 4.00. The SMILES string of the molecule is C=CCn1c(C)nnc1SCC(=O)Nc1nc(-c2ccc(CC)cc2)cs1. The molecule has 0 fully saturated rings. The van der Waals surface area contributed by atoms with Gasteiger partial charge >= 0.3 is 0 Å². The maximum Gasteiger partial charge on any atom is 0.236 e. The number of nitrogens with zero attached hydrogens (tertiary/aromatic N) is 4. The van der Waals surface area contributed by atoms with Gasteiger partial charge in [0.2, 0.25) is 5.91 Å². The van der Waals surface area contributed by atoms with Crippen LogP contribution in [0.2, 0.25) is 0 Å². The smallest absolute Gasteiger partial charge is 0.236 e. The zero-order valence-electron chi connectivity index (χ0n) is 15.3.